The van der Waals surface area contributed by atoms with Gasteiger partial charge in [-0.2, -0.15) is 0 Å². The molecule has 2 unspecified atom stereocenters. The maximum absolute atomic E-state index is 11.9. The van der Waals surface area contributed by atoms with E-state index in [4.69, 9.17) is 10.5 Å². The summed E-state index contributed by atoms with van der Waals surface area (Å²) in [4.78, 5) is 13.8. The summed E-state index contributed by atoms with van der Waals surface area (Å²) in [5.41, 5.74) is 5.55. The number of carbonyl (C=O) groups is 1. The van der Waals surface area contributed by atoms with E-state index in [0.29, 0.717) is 6.04 Å². The molecule has 15 heavy (non-hydrogen) atoms. The number of hydrogen-bond donors (Lipinski definition) is 1. The topological polar surface area (TPSA) is 55.6 Å². The summed E-state index contributed by atoms with van der Waals surface area (Å²) in [5.74, 6) is 0. The first-order valence-corrected chi connectivity index (χ1v) is 5.65. The molecule has 2 N–H and O–H groups in total. The molecule has 2 aliphatic rings. The molecule has 0 spiro atoms. The lowest BCUT2D eigenvalue weighted by Gasteiger charge is -2.27. The third-order valence-corrected chi connectivity index (χ3v) is 3.19. The molecule has 2 bridgehead atoms. The maximum Gasteiger partial charge on any atom is 0.410 e. The van der Waals surface area contributed by atoms with E-state index in [1.807, 2.05) is 25.7 Å². The van der Waals surface area contributed by atoms with Gasteiger partial charge in [0, 0.05) is 12.1 Å². The minimum absolute atomic E-state index is 0.149. The first-order valence-electron chi connectivity index (χ1n) is 5.65. The van der Waals surface area contributed by atoms with Gasteiger partial charge in [0.2, 0.25) is 0 Å². The molecule has 0 aromatic carbocycles. The summed E-state index contributed by atoms with van der Waals surface area (Å²) in [7, 11) is 0. The monoisotopic (exact) mass is 212 g/mol. The molecular formula is C11H20N2O2. The second kappa shape index (κ2) is 3.37. The molecule has 2 heterocycles. The Morgan fingerprint density at radius 2 is 2.07 bits per heavy atom. The molecular weight excluding hydrogens is 192 g/mol. The Hall–Kier alpha value is -0.770. The zero-order chi connectivity index (χ0) is 11.2. The number of rotatable bonds is 0. The molecule has 0 saturated carbocycles. The molecule has 3 atom stereocenters. The molecule has 0 aromatic rings. The second-order valence-corrected chi connectivity index (χ2v) is 5.59. The summed E-state index contributed by atoms with van der Waals surface area (Å²) in [5, 5.41) is 0. The van der Waals surface area contributed by atoms with Gasteiger partial charge >= 0.3 is 6.09 Å². The molecule has 4 heteroatoms. The summed E-state index contributed by atoms with van der Waals surface area (Å²) in [6.07, 6.45) is 2.86. The van der Waals surface area contributed by atoms with Crippen molar-refractivity contribution in [1.29, 1.82) is 0 Å². The molecule has 0 radical (unpaired) electrons. The van der Waals surface area contributed by atoms with Gasteiger partial charge in [-0.15, -0.1) is 0 Å². The van der Waals surface area contributed by atoms with Crippen LogP contribution in [0.2, 0.25) is 0 Å². The maximum atomic E-state index is 11.9. The first kappa shape index (κ1) is 10.7. The predicted molar refractivity (Wildman–Crippen MR) is 57.5 cm³/mol. The average molecular weight is 212 g/mol. The smallest absolute Gasteiger partial charge is 0.410 e. The third kappa shape index (κ3) is 1.95. The van der Waals surface area contributed by atoms with Crippen LogP contribution in [0.15, 0.2) is 0 Å². The van der Waals surface area contributed by atoms with Crippen LogP contribution in [0.25, 0.3) is 0 Å². The van der Waals surface area contributed by atoms with Crippen molar-refractivity contribution in [3.63, 3.8) is 0 Å². The highest BCUT2D eigenvalue weighted by molar-refractivity contribution is 5.70. The second-order valence-electron chi connectivity index (χ2n) is 5.59. The van der Waals surface area contributed by atoms with E-state index in [9.17, 15) is 4.79 Å². The van der Waals surface area contributed by atoms with Crippen molar-refractivity contribution in [2.24, 2.45) is 5.73 Å². The fraction of sp³-hybridized carbons (Fsp3) is 0.909. The molecule has 0 aliphatic carbocycles. The Kier molecular flexibility index (Phi) is 2.41. The number of ether oxygens (including phenoxy) is 1. The fourth-order valence-corrected chi connectivity index (χ4v) is 2.63. The number of nitrogens with zero attached hydrogens (tertiary/aromatic N) is 1. The van der Waals surface area contributed by atoms with Crippen LogP contribution in [-0.4, -0.2) is 34.7 Å². The van der Waals surface area contributed by atoms with Gasteiger partial charge in [-0.3, -0.25) is 0 Å². The van der Waals surface area contributed by atoms with Crippen LogP contribution in [0.5, 0.6) is 0 Å². The van der Waals surface area contributed by atoms with Gasteiger partial charge in [-0.1, -0.05) is 0 Å². The Labute approximate surface area is 90.8 Å². The highest BCUT2D eigenvalue weighted by Crippen LogP contribution is 2.37. The quantitative estimate of drug-likeness (QED) is 0.661. The lowest BCUT2D eigenvalue weighted by molar-refractivity contribution is 0.0213. The van der Waals surface area contributed by atoms with Crippen molar-refractivity contribution in [2.75, 3.05) is 0 Å². The summed E-state index contributed by atoms with van der Waals surface area (Å²) in [6.45, 7) is 5.68. The van der Waals surface area contributed by atoms with Crippen LogP contribution in [0.4, 0.5) is 4.79 Å². The lowest BCUT2D eigenvalue weighted by Crippen LogP contribution is -2.43. The number of carbonyl (C=O) groups excluding carboxylic acids is 1. The van der Waals surface area contributed by atoms with Gasteiger partial charge in [0.25, 0.3) is 0 Å². The molecule has 4 nitrogen and oxygen atoms in total. The lowest BCUT2D eigenvalue weighted by atomic mass is 9.97. The van der Waals surface area contributed by atoms with E-state index in [-0.39, 0.29) is 18.2 Å². The van der Waals surface area contributed by atoms with Crippen molar-refractivity contribution < 1.29 is 9.53 Å². The van der Waals surface area contributed by atoms with E-state index in [0.717, 1.165) is 19.3 Å². The Morgan fingerprint density at radius 3 is 2.47 bits per heavy atom. The molecule has 2 saturated heterocycles. The zero-order valence-electron chi connectivity index (χ0n) is 9.69. The number of nitrogens with two attached hydrogens (primary N) is 1. The van der Waals surface area contributed by atoms with Crippen LogP contribution in [-0.2, 0) is 4.74 Å². The summed E-state index contributed by atoms with van der Waals surface area (Å²) in [6, 6.07) is 0.681. The highest BCUT2D eigenvalue weighted by Gasteiger charge is 2.48. The van der Waals surface area contributed by atoms with E-state index in [2.05, 4.69) is 0 Å². The van der Waals surface area contributed by atoms with Crippen LogP contribution in [0, 0.1) is 0 Å². The number of fused-ring (bicyclic) bond motifs is 2. The number of hydrogen-bond acceptors (Lipinski definition) is 3. The zero-order valence-corrected chi connectivity index (χ0v) is 9.69. The van der Waals surface area contributed by atoms with Gasteiger partial charge in [0.15, 0.2) is 0 Å². The molecule has 86 valence electrons. The average Bonchev–Trinajstić information content (AvgIpc) is 2.55. The van der Waals surface area contributed by atoms with Crippen molar-refractivity contribution >= 4 is 6.09 Å². The van der Waals surface area contributed by atoms with Gasteiger partial charge in [0.05, 0.1) is 6.04 Å². The van der Waals surface area contributed by atoms with E-state index in [1.54, 1.807) is 0 Å². The molecule has 0 aromatic heterocycles. The highest BCUT2D eigenvalue weighted by atomic mass is 16.6. The van der Waals surface area contributed by atoms with Gasteiger partial charge in [-0.25, -0.2) is 4.79 Å². The van der Waals surface area contributed by atoms with Crippen LogP contribution >= 0.6 is 0 Å². The fourth-order valence-electron chi connectivity index (χ4n) is 2.63. The molecule has 2 fully saturated rings. The van der Waals surface area contributed by atoms with Crippen molar-refractivity contribution in [3.8, 4) is 0 Å². The summed E-state index contributed by atoms with van der Waals surface area (Å²) < 4.78 is 5.38. The number of amides is 1. The molecule has 1 amide bonds. The molecule has 2 aliphatic heterocycles. The predicted octanol–water partition coefficient (Wildman–Crippen LogP) is 1.49. The standard InChI is InChI=1S/C11H20N2O2/c1-11(2,3)15-10(14)13-7-4-5-9(13)8(12)6-7/h7-9H,4-6,12H2,1-3H3/t7?,8-,9?/m0/s1. The first-order chi connectivity index (χ1) is 6.88. The van der Waals surface area contributed by atoms with Gasteiger partial charge < -0.3 is 15.4 Å². The van der Waals surface area contributed by atoms with E-state index < -0.39 is 5.60 Å². The van der Waals surface area contributed by atoms with Crippen LogP contribution in [0.1, 0.15) is 40.0 Å². The minimum atomic E-state index is -0.413. The Balaban J connectivity index is 2.03. The minimum Gasteiger partial charge on any atom is -0.444 e. The summed E-state index contributed by atoms with van der Waals surface area (Å²) >= 11 is 0. The normalized spacial score (nSPS) is 34.7. The van der Waals surface area contributed by atoms with E-state index in [1.165, 1.54) is 0 Å². The SMILES string of the molecule is CC(C)(C)OC(=O)N1C2CCC1[C@@H](N)C2. The van der Waals surface area contributed by atoms with Gasteiger partial charge in [0.1, 0.15) is 5.60 Å². The van der Waals surface area contributed by atoms with Crippen molar-refractivity contribution in [2.45, 2.75) is 63.8 Å². The van der Waals surface area contributed by atoms with Crippen molar-refractivity contribution in [3.05, 3.63) is 0 Å². The van der Waals surface area contributed by atoms with Crippen LogP contribution < -0.4 is 5.73 Å². The van der Waals surface area contributed by atoms with Crippen LogP contribution in [0.3, 0.4) is 0 Å². The Morgan fingerprint density at radius 1 is 1.40 bits per heavy atom. The molecule has 2 rings (SSSR count). The van der Waals surface area contributed by atoms with E-state index >= 15 is 0 Å². The van der Waals surface area contributed by atoms with Gasteiger partial charge in [-0.05, 0) is 40.0 Å². The largest absolute Gasteiger partial charge is 0.444 e. The Bertz CT molecular complexity index is 272. The van der Waals surface area contributed by atoms with Crippen molar-refractivity contribution in [1.82, 2.24) is 4.90 Å². The third-order valence-electron chi connectivity index (χ3n) is 3.19.